The van der Waals surface area contributed by atoms with Gasteiger partial charge in [0.05, 0.1) is 5.92 Å². The zero-order valence-electron chi connectivity index (χ0n) is 8.75. The lowest BCUT2D eigenvalue weighted by atomic mass is 10.1. The molecule has 0 heterocycles. The molecule has 0 saturated heterocycles. The van der Waals surface area contributed by atoms with E-state index < -0.39 is 0 Å². The van der Waals surface area contributed by atoms with E-state index in [1.165, 1.54) is 0 Å². The molecule has 2 aliphatic carbocycles. The summed E-state index contributed by atoms with van der Waals surface area (Å²) in [6, 6.07) is 0. The molecule has 1 amide bonds. The summed E-state index contributed by atoms with van der Waals surface area (Å²) in [6.07, 6.45) is 1.63. The zero-order chi connectivity index (χ0) is 10.3. The highest BCUT2D eigenvalue weighted by atomic mass is 16.2. The van der Waals surface area contributed by atoms with Gasteiger partial charge >= 0.3 is 0 Å². The molecule has 2 aliphatic rings. The molecule has 3 nitrogen and oxygen atoms in total. The van der Waals surface area contributed by atoms with Crippen molar-refractivity contribution in [1.29, 1.82) is 0 Å². The molecule has 2 saturated carbocycles. The summed E-state index contributed by atoms with van der Waals surface area (Å²) in [4.78, 5) is 22.9. The van der Waals surface area contributed by atoms with Crippen molar-refractivity contribution >= 4 is 11.7 Å². The van der Waals surface area contributed by atoms with Gasteiger partial charge in [-0.15, -0.1) is 0 Å². The molecule has 0 aromatic rings. The third-order valence-electron chi connectivity index (χ3n) is 3.25. The minimum atomic E-state index is 0.0231. The molecule has 78 valence electrons. The molecule has 3 atom stereocenters. The van der Waals surface area contributed by atoms with Gasteiger partial charge in [-0.1, -0.05) is 13.8 Å². The SMILES string of the molecule is CC(C)CNC(=O)[C@H]1[C@@H]2CCC(=O)[C@@H]21. The van der Waals surface area contributed by atoms with E-state index in [-0.39, 0.29) is 17.7 Å². The average molecular weight is 195 g/mol. The van der Waals surface area contributed by atoms with E-state index in [0.717, 1.165) is 13.0 Å². The summed E-state index contributed by atoms with van der Waals surface area (Å²) in [7, 11) is 0. The Hall–Kier alpha value is -0.860. The number of rotatable bonds is 3. The summed E-state index contributed by atoms with van der Waals surface area (Å²) in [5.74, 6) is 1.38. The molecule has 0 radical (unpaired) electrons. The van der Waals surface area contributed by atoms with E-state index in [4.69, 9.17) is 0 Å². The van der Waals surface area contributed by atoms with Crippen LogP contribution in [0.1, 0.15) is 26.7 Å². The van der Waals surface area contributed by atoms with Crippen molar-refractivity contribution in [3.05, 3.63) is 0 Å². The van der Waals surface area contributed by atoms with Crippen LogP contribution in [0.5, 0.6) is 0 Å². The van der Waals surface area contributed by atoms with E-state index >= 15 is 0 Å². The number of hydrogen-bond donors (Lipinski definition) is 1. The van der Waals surface area contributed by atoms with Crippen LogP contribution in [0.4, 0.5) is 0 Å². The van der Waals surface area contributed by atoms with Crippen LogP contribution in [0.15, 0.2) is 0 Å². The predicted molar refractivity (Wildman–Crippen MR) is 52.6 cm³/mol. The quantitative estimate of drug-likeness (QED) is 0.729. The fourth-order valence-corrected chi connectivity index (χ4v) is 2.43. The lowest BCUT2D eigenvalue weighted by Gasteiger charge is -2.08. The molecule has 0 aromatic carbocycles. The van der Waals surface area contributed by atoms with Gasteiger partial charge in [0.25, 0.3) is 0 Å². The van der Waals surface area contributed by atoms with E-state index in [0.29, 0.717) is 24.0 Å². The van der Waals surface area contributed by atoms with Crippen molar-refractivity contribution in [3.63, 3.8) is 0 Å². The summed E-state index contributed by atoms with van der Waals surface area (Å²) in [5, 5.41) is 2.90. The number of hydrogen-bond acceptors (Lipinski definition) is 2. The first-order valence-electron chi connectivity index (χ1n) is 5.41. The topological polar surface area (TPSA) is 46.2 Å². The van der Waals surface area contributed by atoms with Gasteiger partial charge in [0.2, 0.25) is 5.91 Å². The fourth-order valence-electron chi connectivity index (χ4n) is 2.43. The first-order chi connectivity index (χ1) is 6.61. The van der Waals surface area contributed by atoms with Crippen molar-refractivity contribution in [1.82, 2.24) is 5.32 Å². The Morgan fingerprint density at radius 1 is 1.57 bits per heavy atom. The zero-order valence-corrected chi connectivity index (χ0v) is 8.75. The van der Waals surface area contributed by atoms with Gasteiger partial charge < -0.3 is 5.32 Å². The van der Waals surface area contributed by atoms with Crippen LogP contribution in [0.3, 0.4) is 0 Å². The molecule has 0 spiro atoms. The average Bonchev–Trinajstić information content (AvgIpc) is 2.74. The summed E-state index contributed by atoms with van der Waals surface area (Å²) >= 11 is 0. The maximum atomic E-state index is 11.6. The number of nitrogens with one attached hydrogen (secondary N) is 1. The second-order valence-electron chi connectivity index (χ2n) is 4.86. The van der Waals surface area contributed by atoms with Crippen LogP contribution in [-0.4, -0.2) is 18.2 Å². The summed E-state index contributed by atoms with van der Waals surface area (Å²) in [6.45, 7) is 4.86. The van der Waals surface area contributed by atoms with Crippen molar-refractivity contribution in [2.24, 2.45) is 23.7 Å². The maximum Gasteiger partial charge on any atom is 0.224 e. The van der Waals surface area contributed by atoms with Crippen LogP contribution in [0.2, 0.25) is 0 Å². The minimum Gasteiger partial charge on any atom is -0.356 e. The minimum absolute atomic E-state index is 0.0231. The molecule has 14 heavy (non-hydrogen) atoms. The van der Waals surface area contributed by atoms with Crippen LogP contribution < -0.4 is 5.32 Å². The van der Waals surface area contributed by atoms with Gasteiger partial charge in [-0.2, -0.15) is 0 Å². The Bertz CT molecular complexity index is 272. The first kappa shape index (κ1) is 9.69. The molecule has 2 fully saturated rings. The number of carbonyl (C=O) groups is 2. The number of carbonyl (C=O) groups excluding carboxylic acids is 2. The van der Waals surface area contributed by atoms with E-state index in [9.17, 15) is 9.59 Å². The van der Waals surface area contributed by atoms with Crippen LogP contribution in [0.25, 0.3) is 0 Å². The molecule has 1 N–H and O–H groups in total. The normalized spacial score (nSPS) is 34.5. The highest BCUT2D eigenvalue weighted by Gasteiger charge is 2.61. The Labute approximate surface area is 84.2 Å². The third kappa shape index (κ3) is 1.56. The first-order valence-corrected chi connectivity index (χ1v) is 5.41. The third-order valence-corrected chi connectivity index (χ3v) is 3.25. The van der Waals surface area contributed by atoms with E-state index in [1.807, 2.05) is 0 Å². The van der Waals surface area contributed by atoms with E-state index in [1.54, 1.807) is 0 Å². The van der Waals surface area contributed by atoms with Gasteiger partial charge in [0.1, 0.15) is 5.78 Å². The van der Waals surface area contributed by atoms with E-state index in [2.05, 4.69) is 19.2 Å². The Morgan fingerprint density at radius 3 is 2.79 bits per heavy atom. The molecular formula is C11H17NO2. The van der Waals surface area contributed by atoms with Crippen molar-refractivity contribution < 1.29 is 9.59 Å². The second kappa shape index (κ2) is 3.37. The second-order valence-corrected chi connectivity index (χ2v) is 4.86. The van der Waals surface area contributed by atoms with Crippen molar-refractivity contribution in [3.8, 4) is 0 Å². The number of amides is 1. The Morgan fingerprint density at radius 2 is 2.29 bits per heavy atom. The Kier molecular flexibility index (Phi) is 2.33. The van der Waals surface area contributed by atoms with Crippen LogP contribution in [0, 0.1) is 23.7 Å². The smallest absolute Gasteiger partial charge is 0.224 e. The van der Waals surface area contributed by atoms with Gasteiger partial charge in [-0.3, -0.25) is 9.59 Å². The molecule has 2 rings (SSSR count). The monoisotopic (exact) mass is 195 g/mol. The molecule has 0 aromatic heterocycles. The van der Waals surface area contributed by atoms with Crippen molar-refractivity contribution in [2.75, 3.05) is 6.54 Å². The van der Waals surface area contributed by atoms with Crippen LogP contribution >= 0.6 is 0 Å². The number of Topliss-reactive ketones (excluding diaryl/α,β-unsaturated/α-hetero) is 1. The molecule has 0 bridgehead atoms. The lowest BCUT2D eigenvalue weighted by Crippen LogP contribution is -2.30. The highest BCUT2D eigenvalue weighted by molar-refractivity contribution is 5.96. The number of fused-ring (bicyclic) bond motifs is 1. The fraction of sp³-hybridized carbons (Fsp3) is 0.818. The summed E-state index contributed by atoms with van der Waals surface area (Å²) < 4.78 is 0. The predicted octanol–water partition coefficient (Wildman–Crippen LogP) is 0.984. The highest BCUT2D eigenvalue weighted by Crippen LogP contribution is 2.55. The Balaban J connectivity index is 1.82. The van der Waals surface area contributed by atoms with Crippen molar-refractivity contribution in [2.45, 2.75) is 26.7 Å². The molecule has 0 aliphatic heterocycles. The molecule has 3 heteroatoms. The van der Waals surface area contributed by atoms with Gasteiger partial charge in [-0.05, 0) is 18.3 Å². The lowest BCUT2D eigenvalue weighted by molar-refractivity contribution is -0.126. The maximum absolute atomic E-state index is 11.6. The van der Waals surface area contributed by atoms with Gasteiger partial charge in [0.15, 0.2) is 0 Å². The molecule has 0 unspecified atom stereocenters. The standard InChI is InChI=1S/C11H17NO2/c1-6(2)5-12-11(14)10-7-3-4-8(13)9(7)10/h6-7,9-10H,3-5H2,1-2H3,(H,12,14)/t7-,9-,10+/m1/s1. The molecular weight excluding hydrogens is 178 g/mol. The largest absolute Gasteiger partial charge is 0.356 e. The van der Waals surface area contributed by atoms with Gasteiger partial charge in [0, 0.05) is 18.9 Å². The van der Waals surface area contributed by atoms with Crippen LogP contribution in [-0.2, 0) is 9.59 Å². The van der Waals surface area contributed by atoms with Gasteiger partial charge in [-0.25, -0.2) is 0 Å². The summed E-state index contributed by atoms with van der Waals surface area (Å²) in [5.41, 5.74) is 0. The number of ketones is 1.